The highest BCUT2D eigenvalue weighted by molar-refractivity contribution is 5.75. The molecule has 0 atom stereocenters. The maximum atomic E-state index is 11.7. The van der Waals surface area contributed by atoms with Crippen molar-refractivity contribution in [2.75, 3.05) is 12.3 Å². The van der Waals surface area contributed by atoms with E-state index in [1.54, 1.807) is 6.92 Å². The number of aromatic nitrogens is 2. The second-order valence-electron chi connectivity index (χ2n) is 6.12. The topological polar surface area (TPSA) is 64.2 Å². The Bertz CT molecular complexity index is 700. The Morgan fingerprint density at radius 3 is 2.55 bits per heavy atom. The number of nitrogen functional groups attached to an aromatic ring is 1. The minimum absolute atomic E-state index is 0.117. The van der Waals surface area contributed by atoms with Gasteiger partial charge in [0.1, 0.15) is 0 Å². The normalized spacial score (nSPS) is 14.3. The van der Waals surface area contributed by atoms with E-state index in [-0.39, 0.29) is 5.91 Å². The van der Waals surface area contributed by atoms with Crippen molar-refractivity contribution in [3.8, 4) is 11.3 Å². The number of rotatable bonds is 2. The van der Waals surface area contributed by atoms with Crippen LogP contribution in [0.25, 0.3) is 11.3 Å². The molecule has 5 heteroatoms. The lowest BCUT2D eigenvalue weighted by Gasteiger charge is -2.27. The van der Waals surface area contributed by atoms with Crippen LogP contribution in [0, 0.1) is 0 Å². The van der Waals surface area contributed by atoms with E-state index in [2.05, 4.69) is 18.5 Å². The fourth-order valence-electron chi connectivity index (χ4n) is 3.01. The summed E-state index contributed by atoms with van der Waals surface area (Å²) in [6, 6.07) is 8.08. The van der Waals surface area contributed by atoms with Crippen LogP contribution in [0.2, 0.25) is 0 Å². The zero-order valence-electron chi connectivity index (χ0n) is 13.3. The summed E-state index contributed by atoms with van der Waals surface area (Å²) in [5, 5.41) is 4.82. The Kier molecular flexibility index (Phi) is 3.64. The molecule has 0 fully saturated rings. The molecular formula is C17H22N4O. The lowest BCUT2D eigenvalue weighted by Crippen LogP contribution is -2.34. The molecule has 0 unspecified atom stereocenters. The SMILES string of the molecule is CC(=O)N1CCc2c(c(-c3ccc(N)cc3)nn2C(C)C)C1. The number of carbonyl (C=O) groups is 1. The molecule has 1 aromatic carbocycles. The average molecular weight is 298 g/mol. The molecule has 116 valence electrons. The first-order chi connectivity index (χ1) is 10.5. The molecule has 1 aliphatic heterocycles. The monoisotopic (exact) mass is 298 g/mol. The number of carbonyl (C=O) groups excluding carboxylic acids is 1. The second-order valence-corrected chi connectivity index (χ2v) is 6.12. The van der Waals surface area contributed by atoms with E-state index in [4.69, 9.17) is 10.8 Å². The predicted molar refractivity (Wildman–Crippen MR) is 87.3 cm³/mol. The summed E-state index contributed by atoms with van der Waals surface area (Å²) in [5.74, 6) is 0.117. The third-order valence-electron chi connectivity index (χ3n) is 4.20. The summed E-state index contributed by atoms with van der Waals surface area (Å²) < 4.78 is 2.10. The fraction of sp³-hybridized carbons (Fsp3) is 0.412. The van der Waals surface area contributed by atoms with Crippen molar-refractivity contribution in [3.05, 3.63) is 35.5 Å². The first kappa shape index (κ1) is 14.6. The molecule has 2 aromatic rings. The van der Waals surface area contributed by atoms with Gasteiger partial charge >= 0.3 is 0 Å². The van der Waals surface area contributed by atoms with E-state index in [0.29, 0.717) is 12.6 Å². The molecular weight excluding hydrogens is 276 g/mol. The minimum Gasteiger partial charge on any atom is -0.399 e. The second kappa shape index (κ2) is 5.48. The van der Waals surface area contributed by atoms with E-state index in [1.165, 1.54) is 11.3 Å². The fourth-order valence-corrected chi connectivity index (χ4v) is 3.01. The van der Waals surface area contributed by atoms with Crippen LogP contribution in [-0.4, -0.2) is 27.1 Å². The van der Waals surface area contributed by atoms with Gasteiger partial charge in [-0.1, -0.05) is 12.1 Å². The molecule has 2 N–H and O–H groups in total. The van der Waals surface area contributed by atoms with Gasteiger partial charge in [-0.25, -0.2) is 0 Å². The van der Waals surface area contributed by atoms with Crippen LogP contribution in [-0.2, 0) is 17.8 Å². The number of hydrogen-bond acceptors (Lipinski definition) is 3. The minimum atomic E-state index is 0.117. The summed E-state index contributed by atoms with van der Waals surface area (Å²) in [7, 11) is 0. The Balaban J connectivity index is 2.10. The molecule has 0 spiro atoms. The molecule has 5 nitrogen and oxygen atoms in total. The Morgan fingerprint density at radius 1 is 1.27 bits per heavy atom. The summed E-state index contributed by atoms with van der Waals surface area (Å²) in [5.41, 5.74) is 11.0. The molecule has 3 rings (SSSR count). The van der Waals surface area contributed by atoms with Crippen LogP contribution < -0.4 is 5.73 Å². The van der Waals surface area contributed by atoms with Gasteiger partial charge in [0.05, 0.1) is 5.69 Å². The number of nitrogens with two attached hydrogens (primary N) is 1. The zero-order valence-corrected chi connectivity index (χ0v) is 13.3. The molecule has 1 aliphatic rings. The Hall–Kier alpha value is -2.30. The van der Waals surface area contributed by atoms with Crippen molar-refractivity contribution in [2.45, 2.75) is 39.8 Å². The van der Waals surface area contributed by atoms with Crippen molar-refractivity contribution in [2.24, 2.45) is 0 Å². The van der Waals surface area contributed by atoms with Crippen LogP contribution in [0.4, 0.5) is 5.69 Å². The molecule has 0 aliphatic carbocycles. The molecule has 0 saturated heterocycles. The quantitative estimate of drug-likeness (QED) is 0.867. The van der Waals surface area contributed by atoms with Gasteiger partial charge in [-0.15, -0.1) is 0 Å². The van der Waals surface area contributed by atoms with Crippen LogP contribution in [0.15, 0.2) is 24.3 Å². The smallest absolute Gasteiger partial charge is 0.219 e. The number of anilines is 1. The Labute approximate surface area is 130 Å². The third-order valence-corrected chi connectivity index (χ3v) is 4.20. The summed E-state index contributed by atoms with van der Waals surface area (Å²) >= 11 is 0. The van der Waals surface area contributed by atoms with Crippen molar-refractivity contribution in [1.29, 1.82) is 0 Å². The standard InChI is InChI=1S/C17H22N4O/c1-11(2)21-16-8-9-20(12(3)22)10-15(16)17(19-21)13-4-6-14(18)7-5-13/h4-7,11H,8-10,18H2,1-3H3. The molecule has 2 heterocycles. The zero-order chi connectivity index (χ0) is 15.9. The number of nitrogens with zero attached hydrogens (tertiary/aromatic N) is 3. The van der Waals surface area contributed by atoms with E-state index in [1.807, 2.05) is 29.2 Å². The maximum Gasteiger partial charge on any atom is 0.219 e. The van der Waals surface area contributed by atoms with Crippen molar-refractivity contribution in [1.82, 2.24) is 14.7 Å². The van der Waals surface area contributed by atoms with Gasteiger partial charge in [-0.3, -0.25) is 9.48 Å². The number of fused-ring (bicyclic) bond motifs is 1. The van der Waals surface area contributed by atoms with Crippen LogP contribution >= 0.6 is 0 Å². The van der Waals surface area contributed by atoms with Gasteiger partial charge < -0.3 is 10.6 Å². The number of hydrogen-bond donors (Lipinski definition) is 1. The van der Waals surface area contributed by atoms with Gasteiger partial charge in [-0.05, 0) is 26.0 Å². The molecule has 22 heavy (non-hydrogen) atoms. The van der Waals surface area contributed by atoms with E-state index < -0.39 is 0 Å². The molecule has 1 amide bonds. The van der Waals surface area contributed by atoms with Crippen molar-refractivity contribution in [3.63, 3.8) is 0 Å². The van der Waals surface area contributed by atoms with Crippen LogP contribution in [0.1, 0.15) is 38.1 Å². The van der Waals surface area contributed by atoms with Gasteiger partial charge in [-0.2, -0.15) is 5.10 Å². The van der Waals surface area contributed by atoms with Crippen LogP contribution in [0.3, 0.4) is 0 Å². The van der Waals surface area contributed by atoms with Crippen molar-refractivity contribution < 1.29 is 4.79 Å². The third kappa shape index (κ3) is 2.47. The lowest BCUT2D eigenvalue weighted by atomic mass is 10.0. The van der Waals surface area contributed by atoms with Crippen LogP contribution in [0.5, 0.6) is 0 Å². The molecule has 0 bridgehead atoms. The van der Waals surface area contributed by atoms with Gasteiger partial charge in [0.25, 0.3) is 0 Å². The molecule has 1 aromatic heterocycles. The molecule has 0 radical (unpaired) electrons. The average Bonchev–Trinajstić information content (AvgIpc) is 2.87. The largest absolute Gasteiger partial charge is 0.399 e. The lowest BCUT2D eigenvalue weighted by molar-refractivity contribution is -0.129. The van der Waals surface area contributed by atoms with Gasteiger partial charge in [0.15, 0.2) is 0 Å². The first-order valence-corrected chi connectivity index (χ1v) is 7.69. The summed E-state index contributed by atoms with van der Waals surface area (Å²) in [6.07, 6.45) is 0.856. The predicted octanol–water partition coefficient (Wildman–Crippen LogP) is 2.62. The van der Waals surface area contributed by atoms with E-state index in [9.17, 15) is 4.79 Å². The summed E-state index contributed by atoms with van der Waals surface area (Å²) in [6.45, 7) is 7.30. The summed E-state index contributed by atoms with van der Waals surface area (Å²) in [4.78, 5) is 13.6. The van der Waals surface area contributed by atoms with E-state index in [0.717, 1.165) is 29.9 Å². The van der Waals surface area contributed by atoms with Gasteiger partial charge in [0.2, 0.25) is 5.91 Å². The highest BCUT2D eigenvalue weighted by Gasteiger charge is 2.27. The number of amides is 1. The van der Waals surface area contributed by atoms with Crippen molar-refractivity contribution >= 4 is 11.6 Å². The highest BCUT2D eigenvalue weighted by atomic mass is 16.2. The molecule has 0 saturated carbocycles. The first-order valence-electron chi connectivity index (χ1n) is 7.69. The van der Waals surface area contributed by atoms with E-state index >= 15 is 0 Å². The van der Waals surface area contributed by atoms with Gasteiger partial charge in [0, 0.05) is 55.0 Å². The highest BCUT2D eigenvalue weighted by Crippen LogP contribution is 2.32. The Morgan fingerprint density at radius 2 is 1.95 bits per heavy atom. The number of benzene rings is 1. The maximum absolute atomic E-state index is 11.7.